The third-order valence-electron chi connectivity index (χ3n) is 8.48. The third kappa shape index (κ3) is 15.2. The highest BCUT2D eigenvalue weighted by Gasteiger charge is 2.38. The second-order valence-electron chi connectivity index (χ2n) is 12.7. The van der Waals surface area contributed by atoms with Crippen molar-refractivity contribution in [3.05, 3.63) is 35.9 Å². The Bertz CT molecular complexity index is 1800. The molecule has 0 bridgehead atoms. The Morgan fingerprint density at radius 3 is 1.80 bits per heavy atom. The molecule has 23 nitrogen and oxygen atoms in total. The number of benzene rings is 1. The molecule has 1 aliphatic rings. The number of anilines is 1. The predicted octanol–water partition coefficient (Wildman–Crippen LogP) is -2.59. The number of primary sulfonamides is 1. The first-order valence-corrected chi connectivity index (χ1v) is 19.2. The fourth-order valence-corrected chi connectivity index (χ4v) is 7.65. The molecule has 1 fully saturated rings. The quantitative estimate of drug-likeness (QED) is 0.0387. The summed E-state index contributed by atoms with van der Waals surface area (Å²) in [6, 6.07) is 5.54. The maximum absolute atomic E-state index is 13.5. The summed E-state index contributed by atoms with van der Waals surface area (Å²) in [5.41, 5.74) is 0.599. The van der Waals surface area contributed by atoms with E-state index in [2.05, 4.69) is 26.1 Å². The van der Waals surface area contributed by atoms with Crippen LogP contribution in [0, 0.1) is 0 Å². The number of nitrogens with zero attached hydrogens (tertiary/aromatic N) is 5. The molecular formula is C31H43N9O14S2. The average Bonchev–Trinajstić information content (AvgIpc) is 3.57. The summed E-state index contributed by atoms with van der Waals surface area (Å²) in [5.74, 6) is -8.60. The van der Waals surface area contributed by atoms with Crippen LogP contribution >= 0.6 is 11.3 Å². The molecule has 308 valence electrons. The topological polar surface area (TPSA) is 352 Å². The van der Waals surface area contributed by atoms with E-state index in [0.717, 1.165) is 4.90 Å². The Morgan fingerprint density at radius 1 is 0.786 bits per heavy atom. The second-order valence-corrected chi connectivity index (χ2v) is 15.5. The smallest absolute Gasteiger partial charge is 0.317 e. The van der Waals surface area contributed by atoms with E-state index in [0.29, 0.717) is 36.2 Å². The van der Waals surface area contributed by atoms with Crippen LogP contribution in [0.25, 0.3) is 0 Å². The van der Waals surface area contributed by atoms with Gasteiger partial charge in [-0.25, -0.2) is 13.6 Å². The van der Waals surface area contributed by atoms with Crippen molar-refractivity contribution in [2.75, 3.05) is 51.1 Å². The van der Waals surface area contributed by atoms with E-state index in [1.165, 1.54) is 9.80 Å². The number of nitrogens with two attached hydrogens (primary N) is 1. The Hall–Kier alpha value is -5.18. The van der Waals surface area contributed by atoms with Gasteiger partial charge in [-0.2, -0.15) is 0 Å². The first kappa shape index (κ1) is 45.2. The Kier molecular flexibility index (Phi) is 17.1. The predicted molar refractivity (Wildman–Crippen MR) is 193 cm³/mol. The van der Waals surface area contributed by atoms with Crippen LogP contribution < -0.4 is 21.1 Å². The van der Waals surface area contributed by atoms with Crippen molar-refractivity contribution >= 4 is 68.2 Å². The fourth-order valence-electron chi connectivity index (χ4n) is 6.31. The van der Waals surface area contributed by atoms with Crippen LogP contribution in [0.2, 0.25) is 0 Å². The monoisotopic (exact) mass is 829 g/mol. The highest BCUT2D eigenvalue weighted by molar-refractivity contribution is 7.91. The van der Waals surface area contributed by atoms with Crippen molar-refractivity contribution in [3.63, 3.8) is 0 Å². The summed E-state index contributed by atoms with van der Waals surface area (Å²) in [7, 11) is -4.23. The fraction of sp³-hybridized carbons (Fsp3) is 0.516. The van der Waals surface area contributed by atoms with Crippen LogP contribution in [-0.4, -0.2) is 171 Å². The van der Waals surface area contributed by atoms with Crippen LogP contribution in [0.4, 0.5) is 5.13 Å². The molecular weight excluding hydrogens is 787 g/mol. The van der Waals surface area contributed by atoms with Gasteiger partial charge in [-0.3, -0.25) is 58.9 Å². The van der Waals surface area contributed by atoms with E-state index in [1.54, 1.807) is 30.3 Å². The van der Waals surface area contributed by atoms with Crippen molar-refractivity contribution in [1.82, 2.24) is 35.5 Å². The largest absolute Gasteiger partial charge is 0.480 e. The van der Waals surface area contributed by atoms with Gasteiger partial charge in [-0.15, -0.1) is 10.2 Å². The van der Waals surface area contributed by atoms with Gasteiger partial charge in [0.2, 0.25) is 21.3 Å². The molecule has 56 heavy (non-hydrogen) atoms. The van der Waals surface area contributed by atoms with E-state index in [1.807, 2.05) is 0 Å². The zero-order valence-corrected chi connectivity index (χ0v) is 31.4. The summed E-state index contributed by atoms with van der Waals surface area (Å²) in [6.07, 6.45) is 0.245. The molecule has 1 aromatic carbocycles. The van der Waals surface area contributed by atoms with Crippen LogP contribution in [0.15, 0.2) is 34.7 Å². The number of carboxylic acid groups (broad SMARTS) is 5. The minimum Gasteiger partial charge on any atom is -0.480 e. The number of aliphatic carboxylic acids is 5. The van der Waals surface area contributed by atoms with Gasteiger partial charge in [0.15, 0.2) is 0 Å². The van der Waals surface area contributed by atoms with Crippen molar-refractivity contribution in [1.29, 1.82) is 0 Å². The van der Waals surface area contributed by atoms with Gasteiger partial charge in [0.05, 0.1) is 45.4 Å². The van der Waals surface area contributed by atoms with E-state index in [9.17, 15) is 67.5 Å². The number of nitrogens with one attached hydrogen (secondary N) is 3. The summed E-state index contributed by atoms with van der Waals surface area (Å²) in [6.45, 7) is -4.92. The van der Waals surface area contributed by atoms with Crippen LogP contribution in [0.1, 0.15) is 31.2 Å². The normalized spacial score (nSPS) is 16.9. The Morgan fingerprint density at radius 2 is 1.30 bits per heavy atom. The zero-order chi connectivity index (χ0) is 41.6. The van der Waals surface area contributed by atoms with E-state index in [4.69, 9.17) is 5.14 Å². The minimum absolute atomic E-state index is 0.0779. The van der Waals surface area contributed by atoms with Crippen molar-refractivity contribution < 1.29 is 67.5 Å². The molecule has 0 aliphatic heterocycles. The number of amides is 2. The van der Waals surface area contributed by atoms with Gasteiger partial charge < -0.3 is 30.8 Å². The minimum atomic E-state index is -4.23. The average molecular weight is 830 g/mol. The van der Waals surface area contributed by atoms with E-state index >= 15 is 0 Å². The van der Waals surface area contributed by atoms with Crippen molar-refractivity contribution in [2.24, 2.45) is 5.14 Å². The molecule has 0 radical (unpaired) electrons. The number of aromatic nitrogens is 2. The Balaban J connectivity index is 1.92. The number of rotatable bonds is 24. The lowest BCUT2D eigenvalue weighted by Crippen LogP contribution is -2.62. The van der Waals surface area contributed by atoms with Gasteiger partial charge in [0.1, 0.15) is 6.04 Å². The number of carbonyl (C=O) groups excluding carboxylic acids is 2. The summed E-state index contributed by atoms with van der Waals surface area (Å²) in [5, 5.41) is 67.8. The SMILES string of the molecule is NS(=O)(=O)c1nnc(NC(=O)[C@H](Cc2ccccc2)NC(=O)CNC(CN(CC(=O)O)C2CCCCC2N(CC(=O)O)CC(=O)O)N(CC(=O)O)CC(=O)O)s1. The van der Waals surface area contributed by atoms with Gasteiger partial charge in [0.25, 0.3) is 10.0 Å². The van der Waals surface area contributed by atoms with Gasteiger partial charge in [0, 0.05) is 25.0 Å². The summed E-state index contributed by atoms with van der Waals surface area (Å²) < 4.78 is 22.7. The maximum Gasteiger partial charge on any atom is 0.317 e. The third-order valence-corrected chi connectivity index (χ3v) is 10.6. The molecule has 1 aromatic heterocycles. The van der Waals surface area contributed by atoms with Crippen molar-refractivity contribution in [3.8, 4) is 0 Å². The van der Waals surface area contributed by atoms with Gasteiger partial charge >= 0.3 is 29.8 Å². The lowest BCUT2D eigenvalue weighted by atomic mass is 9.87. The number of hydrogen-bond donors (Lipinski definition) is 9. The van der Waals surface area contributed by atoms with Crippen molar-refractivity contribution in [2.45, 2.75) is 60.7 Å². The lowest BCUT2D eigenvalue weighted by molar-refractivity contribution is -0.146. The standard InChI is InChI=1S/C31H43N9O14S2/c32-56(53,54)31-37-36-30(55-31)35-29(52)19(10-18-6-2-1-3-7-18)34-23(41)11-33-22(40(16-27(48)49)17-28(50)51)12-38(13-24(42)43)20-8-4-5-9-21(20)39(14-25(44)45)15-26(46)47/h1-3,6-7,19-22,33H,4-5,8-17H2,(H,34,41)(H,42,43)(H,44,45)(H,46,47)(H,48,49)(H,50,51)(H2,32,53,54)(H,35,36,52)/t19-,20?,21?,22?/m0/s1. The number of sulfonamides is 1. The molecule has 1 heterocycles. The molecule has 0 spiro atoms. The molecule has 25 heteroatoms. The summed E-state index contributed by atoms with van der Waals surface area (Å²) in [4.78, 5) is 89.7. The molecule has 0 saturated heterocycles. The maximum atomic E-state index is 13.5. The van der Waals surface area contributed by atoms with Crippen LogP contribution in [0.5, 0.6) is 0 Å². The highest BCUT2D eigenvalue weighted by Crippen LogP contribution is 2.28. The van der Waals surface area contributed by atoms with Gasteiger partial charge in [-0.05, 0) is 18.4 Å². The molecule has 3 unspecified atom stereocenters. The summed E-state index contributed by atoms with van der Waals surface area (Å²) >= 11 is 0.465. The molecule has 1 aliphatic carbocycles. The second kappa shape index (κ2) is 21.2. The number of hydrogen-bond acceptors (Lipinski definition) is 16. The highest BCUT2D eigenvalue weighted by atomic mass is 32.2. The van der Waals surface area contributed by atoms with E-state index in [-0.39, 0.29) is 18.0 Å². The number of carbonyl (C=O) groups is 7. The molecule has 4 atom stereocenters. The van der Waals surface area contributed by atoms with Gasteiger partial charge in [-0.1, -0.05) is 54.5 Å². The zero-order valence-electron chi connectivity index (χ0n) is 29.7. The lowest BCUT2D eigenvalue weighted by Gasteiger charge is -2.45. The first-order chi connectivity index (χ1) is 26.3. The molecule has 1 saturated carbocycles. The van der Waals surface area contributed by atoms with Crippen LogP contribution in [0.3, 0.4) is 0 Å². The molecule has 2 aromatic rings. The van der Waals surface area contributed by atoms with E-state index < -0.39 is 126 Å². The molecule has 2 amide bonds. The van der Waals surface area contributed by atoms with Crippen LogP contribution in [-0.2, 0) is 50.0 Å². The molecule has 10 N–H and O–H groups in total. The number of carboxylic acids is 5. The first-order valence-electron chi connectivity index (χ1n) is 16.9. The Labute approximate surface area is 323 Å². The molecule has 3 rings (SSSR count).